The maximum atomic E-state index is 11.8. The predicted octanol–water partition coefficient (Wildman–Crippen LogP) is 2.05. The normalized spacial score (nSPS) is 11.4. The smallest absolute Gasteiger partial charge is 0.237 e. The number of benzene rings is 1. The van der Waals surface area contributed by atoms with Crippen LogP contribution < -0.4 is 15.8 Å². The van der Waals surface area contributed by atoms with E-state index in [-0.39, 0.29) is 18.3 Å². The van der Waals surface area contributed by atoms with Gasteiger partial charge in [0.1, 0.15) is 5.75 Å². The Labute approximate surface area is 142 Å². The summed E-state index contributed by atoms with van der Waals surface area (Å²) in [6.07, 6.45) is 3.43. The summed E-state index contributed by atoms with van der Waals surface area (Å²) in [4.78, 5) is 11.8. The first-order valence-corrected chi connectivity index (χ1v) is 7.36. The molecule has 2 aromatic rings. The third kappa shape index (κ3) is 5.26. The maximum Gasteiger partial charge on any atom is 0.237 e. The summed E-state index contributed by atoms with van der Waals surface area (Å²) in [5, 5.41) is 7.24. The van der Waals surface area contributed by atoms with Gasteiger partial charge in [-0.05, 0) is 36.8 Å². The number of nitrogens with zero attached hydrogens (tertiary/aromatic N) is 2. The molecule has 1 heterocycles. The van der Waals surface area contributed by atoms with Crippen molar-refractivity contribution in [2.24, 2.45) is 5.73 Å². The molecule has 1 aromatic heterocycles. The Bertz CT molecular complexity index is 613. The number of carbonyl (C=O) groups excluding carboxylic acids is 1. The van der Waals surface area contributed by atoms with E-state index in [1.165, 1.54) is 0 Å². The van der Waals surface area contributed by atoms with Crippen molar-refractivity contribution >= 4 is 18.3 Å². The molecule has 0 fully saturated rings. The summed E-state index contributed by atoms with van der Waals surface area (Å²) in [6.45, 7) is 2.38. The van der Waals surface area contributed by atoms with Crippen LogP contribution in [0, 0.1) is 0 Å². The Morgan fingerprint density at radius 1 is 1.35 bits per heavy atom. The number of halogens is 1. The minimum atomic E-state index is -0.450. The molecule has 2 rings (SSSR count). The third-order valence-corrected chi connectivity index (χ3v) is 3.36. The van der Waals surface area contributed by atoms with E-state index in [0.29, 0.717) is 13.0 Å². The zero-order valence-corrected chi connectivity index (χ0v) is 14.2. The number of nitrogens with two attached hydrogens (primary N) is 1. The number of carbonyl (C=O) groups is 1. The summed E-state index contributed by atoms with van der Waals surface area (Å²) in [5.41, 5.74) is 7.48. The van der Waals surface area contributed by atoms with E-state index in [2.05, 4.69) is 10.4 Å². The molecule has 0 saturated carbocycles. The number of hydrogen-bond acceptors (Lipinski definition) is 4. The number of nitrogens with one attached hydrogen (secondary N) is 1. The molecule has 3 N–H and O–H groups in total. The van der Waals surface area contributed by atoms with Gasteiger partial charge in [0, 0.05) is 6.20 Å². The monoisotopic (exact) mass is 338 g/mol. The summed E-state index contributed by atoms with van der Waals surface area (Å²) in [7, 11) is 1.63. The molecule has 1 unspecified atom stereocenters. The van der Waals surface area contributed by atoms with Crippen molar-refractivity contribution in [3.63, 3.8) is 0 Å². The van der Waals surface area contributed by atoms with Gasteiger partial charge in [0.25, 0.3) is 0 Å². The average molecular weight is 339 g/mol. The van der Waals surface area contributed by atoms with E-state index in [1.807, 2.05) is 43.5 Å². The molecule has 126 valence electrons. The SMILES string of the molecule is CCCC(N)C(=O)NCc1ccn(-c2ccc(OC)cc2)n1.Cl. The second kappa shape index (κ2) is 9.17. The van der Waals surface area contributed by atoms with Crippen molar-refractivity contribution in [3.05, 3.63) is 42.2 Å². The Hall–Kier alpha value is -2.05. The average Bonchev–Trinajstić information content (AvgIpc) is 3.02. The van der Waals surface area contributed by atoms with Gasteiger partial charge < -0.3 is 15.8 Å². The lowest BCUT2D eigenvalue weighted by Crippen LogP contribution is -2.40. The molecule has 23 heavy (non-hydrogen) atoms. The highest BCUT2D eigenvalue weighted by atomic mass is 35.5. The zero-order valence-electron chi connectivity index (χ0n) is 13.4. The molecule has 1 amide bonds. The van der Waals surface area contributed by atoms with Crippen LogP contribution in [0.25, 0.3) is 5.69 Å². The van der Waals surface area contributed by atoms with Gasteiger partial charge in [-0.1, -0.05) is 13.3 Å². The van der Waals surface area contributed by atoms with Gasteiger partial charge in [0.05, 0.1) is 31.1 Å². The molecule has 7 heteroatoms. The third-order valence-electron chi connectivity index (χ3n) is 3.36. The second-order valence-corrected chi connectivity index (χ2v) is 5.06. The highest BCUT2D eigenvalue weighted by molar-refractivity contribution is 5.85. The Morgan fingerprint density at radius 2 is 2.04 bits per heavy atom. The van der Waals surface area contributed by atoms with Crippen molar-refractivity contribution in [2.75, 3.05) is 7.11 Å². The van der Waals surface area contributed by atoms with E-state index in [1.54, 1.807) is 11.8 Å². The summed E-state index contributed by atoms with van der Waals surface area (Å²) >= 11 is 0. The number of rotatable bonds is 7. The molecular weight excluding hydrogens is 316 g/mol. The predicted molar refractivity (Wildman–Crippen MR) is 92.1 cm³/mol. The molecule has 0 aliphatic rings. The summed E-state index contributed by atoms with van der Waals surface area (Å²) in [5.74, 6) is 0.661. The van der Waals surface area contributed by atoms with Crippen LogP contribution in [0.3, 0.4) is 0 Å². The van der Waals surface area contributed by atoms with Crippen LogP contribution in [-0.4, -0.2) is 28.8 Å². The standard InChI is InChI=1S/C16H22N4O2.ClH/c1-3-4-15(17)16(21)18-11-12-9-10-20(19-12)13-5-7-14(22-2)8-6-13;/h5-10,15H,3-4,11,17H2,1-2H3,(H,18,21);1H. The quantitative estimate of drug-likeness (QED) is 0.809. The van der Waals surface area contributed by atoms with Crippen LogP contribution in [0.2, 0.25) is 0 Å². The minimum absolute atomic E-state index is 0. The van der Waals surface area contributed by atoms with Gasteiger partial charge >= 0.3 is 0 Å². The van der Waals surface area contributed by atoms with Crippen LogP contribution in [0.5, 0.6) is 5.75 Å². The molecule has 0 spiro atoms. The van der Waals surface area contributed by atoms with E-state index >= 15 is 0 Å². The fourth-order valence-corrected chi connectivity index (χ4v) is 2.09. The van der Waals surface area contributed by atoms with Crippen LogP contribution in [0.4, 0.5) is 0 Å². The first kappa shape index (κ1) is 19.0. The zero-order chi connectivity index (χ0) is 15.9. The Morgan fingerprint density at radius 3 is 2.65 bits per heavy atom. The maximum absolute atomic E-state index is 11.8. The van der Waals surface area contributed by atoms with Crippen LogP contribution in [-0.2, 0) is 11.3 Å². The number of amides is 1. The lowest BCUT2D eigenvalue weighted by Gasteiger charge is -2.10. The number of hydrogen-bond donors (Lipinski definition) is 2. The molecule has 1 aromatic carbocycles. The molecule has 0 radical (unpaired) electrons. The van der Waals surface area contributed by atoms with Gasteiger partial charge in [-0.3, -0.25) is 4.79 Å². The molecular formula is C16H23ClN4O2. The van der Waals surface area contributed by atoms with Gasteiger partial charge in [-0.2, -0.15) is 5.10 Å². The first-order chi connectivity index (χ1) is 10.6. The fourth-order valence-electron chi connectivity index (χ4n) is 2.09. The van der Waals surface area contributed by atoms with E-state index in [4.69, 9.17) is 10.5 Å². The topological polar surface area (TPSA) is 82.2 Å². The molecule has 6 nitrogen and oxygen atoms in total. The van der Waals surface area contributed by atoms with E-state index < -0.39 is 6.04 Å². The van der Waals surface area contributed by atoms with Crippen molar-refractivity contribution in [3.8, 4) is 11.4 Å². The summed E-state index contributed by atoms with van der Waals surface area (Å²) in [6, 6.07) is 9.02. The van der Waals surface area contributed by atoms with E-state index in [9.17, 15) is 4.79 Å². The minimum Gasteiger partial charge on any atom is -0.497 e. The fraction of sp³-hybridized carbons (Fsp3) is 0.375. The summed E-state index contributed by atoms with van der Waals surface area (Å²) < 4.78 is 6.89. The van der Waals surface area contributed by atoms with Gasteiger partial charge in [0.2, 0.25) is 5.91 Å². The number of ether oxygens (including phenoxy) is 1. The number of methoxy groups -OCH3 is 1. The number of aromatic nitrogens is 2. The van der Waals surface area contributed by atoms with Crippen molar-refractivity contribution in [1.82, 2.24) is 15.1 Å². The molecule has 0 bridgehead atoms. The Balaban J connectivity index is 0.00000264. The molecule has 0 aliphatic heterocycles. The van der Waals surface area contributed by atoms with Crippen molar-refractivity contribution in [2.45, 2.75) is 32.4 Å². The second-order valence-electron chi connectivity index (χ2n) is 5.06. The van der Waals surface area contributed by atoms with Gasteiger partial charge in [-0.15, -0.1) is 12.4 Å². The molecule has 0 aliphatic carbocycles. The van der Waals surface area contributed by atoms with Crippen LogP contribution >= 0.6 is 12.4 Å². The largest absolute Gasteiger partial charge is 0.497 e. The molecule has 1 atom stereocenters. The Kier molecular flexibility index (Phi) is 7.57. The van der Waals surface area contributed by atoms with Crippen molar-refractivity contribution < 1.29 is 9.53 Å². The first-order valence-electron chi connectivity index (χ1n) is 7.36. The van der Waals surface area contributed by atoms with Gasteiger partial charge in [0.15, 0.2) is 0 Å². The lowest BCUT2D eigenvalue weighted by molar-refractivity contribution is -0.122. The van der Waals surface area contributed by atoms with E-state index in [0.717, 1.165) is 23.6 Å². The van der Waals surface area contributed by atoms with Crippen LogP contribution in [0.15, 0.2) is 36.5 Å². The highest BCUT2D eigenvalue weighted by Gasteiger charge is 2.12. The molecule has 0 saturated heterocycles. The highest BCUT2D eigenvalue weighted by Crippen LogP contribution is 2.14. The van der Waals surface area contributed by atoms with Crippen LogP contribution in [0.1, 0.15) is 25.5 Å². The van der Waals surface area contributed by atoms with Crippen molar-refractivity contribution in [1.29, 1.82) is 0 Å². The lowest BCUT2D eigenvalue weighted by atomic mass is 10.2. The van der Waals surface area contributed by atoms with Gasteiger partial charge in [-0.25, -0.2) is 4.68 Å².